The third-order valence-corrected chi connectivity index (χ3v) is 6.40. The van der Waals surface area contributed by atoms with Crippen molar-refractivity contribution < 1.29 is 8.42 Å². The van der Waals surface area contributed by atoms with Gasteiger partial charge in [-0.05, 0) is 49.6 Å². The number of rotatable bonds is 7. The summed E-state index contributed by atoms with van der Waals surface area (Å²) >= 11 is 0. The molecule has 2 aliphatic rings. The van der Waals surface area contributed by atoms with E-state index in [-0.39, 0.29) is 0 Å². The number of hydrogen-bond acceptors (Lipinski definition) is 3. The van der Waals surface area contributed by atoms with Gasteiger partial charge in [0.05, 0.1) is 0 Å². The summed E-state index contributed by atoms with van der Waals surface area (Å²) in [6, 6.07) is 0. The van der Waals surface area contributed by atoms with Gasteiger partial charge in [-0.25, -0.2) is 4.72 Å². The normalized spacial score (nSPS) is 27.6. The second kappa shape index (κ2) is 6.30. The highest BCUT2D eigenvalue weighted by Gasteiger charge is 2.45. The molecule has 1 saturated heterocycles. The van der Waals surface area contributed by atoms with Crippen LogP contribution in [0.25, 0.3) is 0 Å². The van der Waals surface area contributed by atoms with Crippen LogP contribution in [-0.4, -0.2) is 45.4 Å². The molecule has 0 amide bonds. The first-order valence-electron chi connectivity index (χ1n) is 7.80. The van der Waals surface area contributed by atoms with Crippen molar-refractivity contribution in [3.8, 4) is 0 Å². The predicted molar refractivity (Wildman–Crippen MR) is 81.7 cm³/mol. The van der Waals surface area contributed by atoms with Gasteiger partial charge in [0, 0.05) is 19.6 Å². The predicted octanol–water partition coefficient (Wildman–Crippen LogP) is 1.19. The highest BCUT2D eigenvalue weighted by molar-refractivity contribution is 7.87. The van der Waals surface area contributed by atoms with E-state index in [2.05, 4.69) is 30.8 Å². The van der Waals surface area contributed by atoms with E-state index in [1.165, 1.54) is 0 Å². The largest absolute Gasteiger partial charge is 0.317 e. The third kappa shape index (κ3) is 4.16. The third-order valence-electron chi connectivity index (χ3n) is 4.83. The Bertz CT molecular complexity index is 414. The minimum Gasteiger partial charge on any atom is -0.317 e. The Hall–Kier alpha value is -0.170. The smallest absolute Gasteiger partial charge is 0.279 e. The van der Waals surface area contributed by atoms with Gasteiger partial charge < -0.3 is 5.32 Å². The van der Waals surface area contributed by atoms with Crippen molar-refractivity contribution in [3.05, 3.63) is 0 Å². The van der Waals surface area contributed by atoms with E-state index in [1.807, 2.05) is 0 Å². The van der Waals surface area contributed by atoms with Gasteiger partial charge in [0.25, 0.3) is 10.2 Å². The quantitative estimate of drug-likeness (QED) is 0.742. The monoisotopic (exact) mass is 303 g/mol. The molecule has 2 rings (SSSR count). The average molecular weight is 303 g/mol. The van der Waals surface area contributed by atoms with Gasteiger partial charge in [0.15, 0.2) is 0 Å². The summed E-state index contributed by atoms with van der Waals surface area (Å²) in [5, 5.41) is 3.35. The molecule has 1 heterocycles. The fraction of sp³-hybridized carbons (Fsp3) is 1.00. The lowest BCUT2D eigenvalue weighted by Gasteiger charge is -2.31. The van der Waals surface area contributed by atoms with Crippen molar-refractivity contribution in [1.29, 1.82) is 0 Å². The van der Waals surface area contributed by atoms with Crippen molar-refractivity contribution in [1.82, 2.24) is 14.3 Å². The summed E-state index contributed by atoms with van der Waals surface area (Å²) in [7, 11) is -3.27. The molecular weight excluding hydrogens is 274 g/mol. The fourth-order valence-corrected chi connectivity index (χ4v) is 4.21. The first-order valence-corrected chi connectivity index (χ1v) is 9.24. The minimum atomic E-state index is -3.27. The van der Waals surface area contributed by atoms with Crippen LogP contribution in [0.1, 0.15) is 40.0 Å². The highest BCUT2D eigenvalue weighted by atomic mass is 32.2. The maximum Gasteiger partial charge on any atom is 0.279 e. The zero-order chi connectivity index (χ0) is 14.8. The molecule has 6 heteroatoms. The molecule has 20 heavy (non-hydrogen) atoms. The van der Waals surface area contributed by atoms with Gasteiger partial charge in [0.2, 0.25) is 0 Å². The average Bonchev–Trinajstić information content (AvgIpc) is 3.02. The van der Waals surface area contributed by atoms with Crippen molar-refractivity contribution in [2.75, 3.05) is 32.7 Å². The van der Waals surface area contributed by atoms with Crippen LogP contribution in [0.3, 0.4) is 0 Å². The Morgan fingerprint density at radius 3 is 2.30 bits per heavy atom. The molecule has 1 aliphatic heterocycles. The van der Waals surface area contributed by atoms with Crippen molar-refractivity contribution in [3.63, 3.8) is 0 Å². The van der Waals surface area contributed by atoms with Crippen molar-refractivity contribution in [2.24, 2.45) is 17.3 Å². The minimum absolute atomic E-state index is 0.321. The molecule has 5 nitrogen and oxygen atoms in total. The first-order chi connectivity index (χ1) is 9.35. The van der Waals surface area contributed by atoms with E-state index in [4.69, 9.17) is 0 Å². The molecule has 118 valence electrons. The van der Waals surface area contributed by atoms with Gasteiger partial charge in [0.1, 0.15) is 0 Å². The van der Waals surface area contributed by atoms with Gasteiger partial charge >= 0.3 is 0 Å². The molecule has 0 aromatic rings. The maximum absolute atomic E-state index is 12.2. The Balaban J connectivity index is 1.74. The van der Waals surface area contributed by atoms with Crippen LogP contribution in [0.5, 0.6) is 0 Å². The lowest BCUT2D eigenvalue weighted by Crippen LogP contribution is -2.46. The van der Waals surface area contributed by atoms with Crippen LogP contribution < -0.4 is 10.0 Å². The molecule has 0 bridgehead atoms. The molecule has 2 N–H and O–H groups in total. The second-order valence-electron chi connectivity index (χ2n) is 6.89. The molecule has 0 spiro atoms. The van der Waals surface area contributed by atoms with Crippen LogP contribution in [0, 0.1) is 17.3 Å². The molecular formula is C14H29N3O2S. The maximum atomic E-state index is 12.2. The Morgan fingerprint density at radius 2 is 1.80 bits per heavy atom. The number of nitrogens with zero attached hydrogens (tertiary/aromatic N) is 1. The molecule has 0 radical (unpaired) electrons. The van der Waals surface area contributed by atoms with E-state index in [0.717, 1.165) is 32.4 Å². The molecule has 1 aliphatic carbocycles. The van der Waals surface area contributed by atoms with E-state index in [0.29, 0.717) is 36.9 Å². The Kier molecular flexibility index (Phi) is 5.10. The van der Waals surface area contributed by atoms with Gasteiger partial charge in [-0.15, -0.1) is 0 Å². The fourth-order valence-electron chi connectivity index (χ4n) is 2.92. The molecule has 1 saturated carbocycles. The summed E-state index contributed by atoms with van der Waals surface area (Å²) in [4.78, 5) is 0. The molecule has 0 aromatic heterocycles. The Labute approximate surface area is 123 Å². The molecule has 1 unspecified atom stereocenters. The Morgan fingerprint density at radius 1 is 1.20 bits per heavy atom. The van der Waals surface area contributed by atoms with Crippen LogP contribution in [0.15, 0.2) is 0 Å². The summed E-state index contributed by atoms with van der Waals surface area (Å²) in [5.41, 5.74) is 0.321. The van der Waals surface area contributed by atoms with E-state index in [1.54, 1.807) is 4.31 Å². The number of piperidine rings is 1. The lowest BCUT2D eigenvalue weighted by atomic mass is 9.98. The number of nitrogens with one attached hydrogen (secondary N) is 2. The molecule has 1 atom stereocenters. The topological polar surface area (TPSA) is 61.4 Å². The van der Waals surface area contributed by atoms with Gasteiger partial charge in [-0.2, -0.15) is 12.7 Å². The van der Waals surface area contributed by atoms with Crippen molar-refractivity contribution in [2.45, 2.75) is 40.0 Å². The first kappa shape index (κ1) is 16.2. The highest BCUT2D eigenvalue weighted by Crippen LogP contribution is 2.51. The molecule has 0 aromatic carbocycles. The summed E-state index contributed by atoms with van der Waals surface area (Å²) in [6.45, 7) is 10.4. The lowest BCUT2D eigenvalue weighted by molar-refractivity contribution is 0.266. The van der Waals surface area contributed by atoms with Crippen molar-refractivity contribution >= 4 is 10.2 Å². The molecule has 2 fully saturated rings. The van der Waals surface area contributed by atoms with E-state index in [9.17, 15) is 8.42 Å². The van der Waals surface area contributed by atoms with Crippen LogP contribution in [0.4, 0.5) is 0 Å². The zero-order valence-electron chi connectivity index (χ0n) is 13.0. The number of hydrogen-bond donors (Lipinski definition) is 2. The summed E-state index contributed by atoms with van der Waals surface area (Å²) < 4.78 is 28.9. The standard InChI is InChI=1S/C14H29N3O2S/c1-4-15-10-12-5-7-17(8-6-12)20(18,19)16-11-13-9-14(13,2)3/h12-13,15-16H,4-11H2,1-3H3. The van der Waals surface area contributed by atoms with Gasteiger partial charge in [-0.1, -0.05) is 20.8 Å². The summed E-state index contributed by atoms with van der Waals surface area (Å²) in [5.74, 6) is 1.12. The van der Waals surface area contributed by atoms with Gasteiger partial charge in [-0.3, -0.25) is 0 Å². The van der Waals surface area contributed by atoms with Crippen LogP contribution in [-0.2, 0) is 10.2 Å². The van der Waals surface area contributed by atoms with E-state index >= 15 is 0 Å². The van der Waals surface area contributed by atoms with Crippen LogP contribution >= 0.6 is 0 Å². The SMILES string of the molecule is CCNCC1CCN(S(=O)(=O)NCC2CC2(C)C)CC1. The van der Waals surface area contributed by atoms with Crippen LogP contribution in [0.2, 0.25) is 0 Å². The zero-order valence-corrected chi connectivity index (χ0v) is 13.8. The second-order valence-corrected chi connectivity index (χ2v) is 8.65. The summed E-state index contributed by atoms with van der Waals surface area (Å²) in [6.07, 6.45) is 3.05. The van der Waals surface area contributed by atoms with E-state index < -0.39 is 10.2 Å².